The molecule has 0 spiro atoms. The lowest BCUT2D eigenvalue weighted by molar-refractivity contribution is -0.236. The SMILES string of the molecule is COC(=O)C[C@H]1O[C@H](c2ccc(O[Si](C)(C)C(C)(C)C)cc2)[C@@H](O)[C@@H](O)[C@H]1OC(C)=O. The third-order valence-electron chi connectivity index (χ3n) is 5.97. The van der Waals surface area contributed by atoms with Crippen molar-refractivity contribution in [1.29, 1.82) is 0 Å². The molecule has 1 saturated heterocycles. The summed E-state index contributed by atoms with van der Waals surface area (Å²) in [7, 11) is -0.774. The fourth-order valence-electron chi connectivity index (χ4n) is 3.14. The molecular formula is C22H34O8Si. The molecule has 8 nitrogen and oxygen atoms in total. The van der Waals surface area contributed by atoms with E-state index in [0.717, 1.165) is 0 Å². The summed E-state index contributed by atoms with van der Waals surface area (Å²) in [5.41, 5.74) is 0.602. The molecule has 1 aromatic carbocycles. The molecule has 0 unspecified atom stereocenters. The number of carbonyl (C=O) groups is 2. The summed E-state index contributed by atoms with van der Waals surface area (Å²) in [4.78, 5) is 23.2. The number of esters is 2. The van der Waals surface area contributed by atoms with Crippen molar-refractivity contribution < 1.29 is 38.4 Å². The molecule has 1 aliphatic heterocycles. The monoisotopic (exact) mass is 454 g/mol. The highest BCUT2D eigenvalue weighted by Crippen LogP contribution is 2.39. The van der Waals surface area contributed by atoms with Crippen molar-refractivity contribution in [1.82, 2.24) is 0 Å². The van der Waals surface area contributed by atoms with Gasteiger partial charge in [0.1, 0.15) is 30.2 Å². The van der Waals surface area contributed by atoms with E-state index >= 15 is 0 Å². The van der Waals surface area contributed by atoms with Gasteiger partial charge in [-0.05, 0) is 35.8 Å². The largest absolute Gasteiger partial charge is 0.544 e. The van der Waals surface area contributed by atoms with Crippen LogP contribution in [-0.4, -0.2) is 62.0 Å². The second kappa shape index (κ2) is 9.68. The van der Waals surface area contributed by atoms with Gasteiger partial charge in [-0.3, -0.25) is 9.59 Å². The van der Waals surface area contributed by atoms with Crippen molar-refractivity contribution in [2.75, 3.05) is 7.11 Å². The van der Waals surface area contributed by atoms with Crippen LogP contribution >= 0.6 is 0 Å². The number of aliphatic hydroxyl groups is 2. The number of benzene rings is 1. The van der Waals surface area contributed by atoms with Gasteiger partial charge >= 0.3 is 11.9 Å². The van der Waals surface area contributed by atoms with E-state index in [2.05, 4.69) is 38.6 Å². The van der Waals surface area contributed by atoms with E-state index in [1.807, 2.05) is 0 Å². The number of ether oxygens (including phenoxy) is 3. The van der Waals surface area contributed by atoms with Crippen LogP contribution in [0.5, 0.6) is 5.75 Å². The Kier molecular flexibility index (Phi) is 7.91. The average molecular weight is 455 g/mol. The molecule has 2 N–H and O–H groups in total. The predicted octanol–water partition coefficient (Wildman–Crippen LogP) is 2.73. The molecule has 31 heavy (non-hydrogen) atoms. The smallest absolute Gasteiger partial charge is 0.308 e. The van der Waals surface area contributed by atoms with Crippen LogP contribution in [0.2, 0.25) is 18.1 Å². The Morgan fingerprint density at radius 2 is 1.68 bits per heavy atom. The van der Waals surface area contributed by atoms with E-state index < -0.39 is 50.8 Å². The van der Waals surface area contributed by atoms with E-state index in [1.54, 1.807) is 24.3 Å². The molecular weight excluding hydrogens is 420 g/mol. The van der Waals surface area contributed by atoms with Gasteiger partial charge in [0.2, 0.25) is 8.32 Å². The number of methoxy groups -OCH3 is 1. The zero-order valence-electron chi connectivity index (χ0n) is 19.2. The molecule has 174 valence electrons. The van der Waals surface area contributed by atoms with Gasteiger partial charge in [-0.15, -0.1) is 0 Å². The summed E-state index contributed by atoms with van der Waals surface area (Å²) in [5.74, 6) is -0.520. The van der Waals surface area contributed by atoms with Crippen molar-refractivity contribution in [2.45, 2.75) is 82.8 Å². The Hall–Kier alpha value is -1.94. The van der Waals surface area contributed by atoms with Crippen LogP contribution in [0.25, 0.3) is 0 Å². The molecule has 0 aromatic heterocycles. The van der Waals surface area contributed by atoms with Crippen LogP contribution in [0.1, 0.15) is 45.8 Å². The van der Waals surface area contributed by atoms with Crippen molar-refractivity contribution in [2.24, 2.45) is 0 Å². The molecule has 1 fully saturated rings. The first kappa shape index (κ1) is 25.3. The molecule has 5 atom stereocenters. The Morgan fingerprint density at radius 1 is 1.10 bits per heavy atom. The first-order valence-corrected chi connectivity index (χ1v) is 13.2. The average Bonchev–Trinajstić information content (AvgIpc) is 2.66. The van der Waals surface area contributed by atoms with E-state index in [0.29, 0.717) is 11.3 Å². The van der Waals surface area contributed by atoms with Crippen LogP contribution in [-0.2, 0) is 23.8 Å². The van der Waals surface area contributed by atoms with E-state index in [4.69, 9.17) is 13.9 Å². The maximum atomic E-state index is 11.8. The van der Waals surface area contributed by atoms with Gasteiger partial charge in [0.15, 0.2) is 6.10 Å². The van der Waals surface area contributed by atoms with Gasteiger partial charge < -0.3 is 28.8 Å². The van der Waals surface area contributed by atoms with Crippen LogP contribution in [0.15, 0.2) is 24.3 Å². The van der Waals surface area contributed by atoms with Crippen LogP contribution < -0.4 is 4.43 Å². The van der Waals surface area contributed by atoms with Crippen molar-refractivity contribution in [3.05, 3.63) is 29.8 Å². The summed E-state index contributed by atoms with van der Waals surface area (Å²) in [6, 6.07) is 7.10. The summed E-state index contributed by atoms with van der Waals surface area (Å²) in [5, 5.41) is 21.3. The zero-order valence-corrected chi connectivity index (χ0v) is 20.2. The number of hydrogen-bond donors (Lipinski definition) is 2. The topological polar surface area (TPSA) is 112 Å². The number of aliphatic hydroxyl groups excluding tert-OH is 2. The lowest BCUT2D eigenvalue weighted by Crippen LogP contribution is -2.56. The summed E-state index contributed by atoms with van der Waals surface area (Å²) in [6.07, 6.45) is -6.10. The molecule has 0 amide bonds. The van der Waals surface area contributed by atoms with Crippen molar-refractivity contribution in [3.63, 3.8) is 0 Å². The van der Waals surface area contributed by atoms with Gasteiger partial charge in [0.05, 0.1) is 13.5 Å². The highest BCUT2D eigenvalue weighted by atomic mass is 28.4. The second-order valence-electron chi connectivity index (χ2n) is 9.36. The lowest BCUT2D eigenvalue weighted by Gasteiger charge is -2.42. The molecule has 0 radical (unpaired) electrons. The Bertz CT molecular complexity index is 771. The van der Waals surface area contributed by atoms with Crippen molar-refractivity contribution in [3.8, 4) is 5.75 Å². The van der Waals surface area contributed by atoms with Crippen LogP contribution in [0, 0.1) is 0 Å². The molecule has 2 rings (SSSR count). The minimum Gasteiger partial charge on any atom is -0.544 e. The van der Waals surface area contributed by atoms with E-state index in [1.165, 1.54) is 14.0 Å². The normalized spacial score (nSPS) is 26.8. The molecule has 0 saturated carbocycles. The van der Waals surface area contributed by atoms with Crippen molar-refractivity contribution >= 4 is 20.3 Å². The van der Waals surface area contributed by atoms with Crippen LogP contribution in [0.4, 0.5) is 0 Å². The van der Waals surface area contributed by atoms with Gasteiger partial charge in [-0.2, -0.15) is 0 Å². The lowest BCUT2D eigenvalue weighted by atomic mass is 9.90. The first-order chi connectivity index (χ1) is 14.3. The quantitative estimate of drug-likeness (QED) is 0.499. The summed E-state index contributed by atoms with van der Waals surface area (Å²) in [6.45, 7) is 11.9. The third kappa shape index (κ3) is 6.06. The maximum Gasteiger partial charge on any atom is 0.308 e. The number of hydrogen-bond acceptors (Lipinski definition) is 8. The zero-order chi connectivity index (χ0) is 23.6. The fourth-order valence-corrected chi connectivity index (χ4v) is 4.17. The minimum absolute atomic E-state index is 0.0469. The molecule has 1 aromatic rings. The predicted molar refractivity (Wildman–Crippen MR) is 116 cm³/mol. The minimum atomic E-state index is -2.01. The van der Waals surface area contributed by atoms with Gasteiger partial charge in [-0.25, -0.2) is 0 Å². The van der Waals surface area contributed by atoms with Crippen LogP contribution in [0.3, 0.4) is 0 Å². The van der Waals surface area contributed by atoms with E-state index in [-0.39, 0.29) is 11.5 Å². The Balaban J connectivity index is 2.24. The number of carbonyl (C=O) groups excluding carboxylic acids is 2. The molecule has 1 heterocycles. The first-order valence-electron chi connectivity index (χ1n) is 10.3. The van der Waals surface area contributed by atoms with Gasteiger partial charge in [0, 0.05) is 6.92 Å². The standard InChI is InChI=1S/C22H34O8Si/c1-13(23)28-21-16(12-17(24)27-5)29-20(18(25)19(21)26)14-8-10-15(11-9-14)30-31(6,7)22(2,3)4/h8-11,16,18-21,25-26H,12H2,1-7H3/t16-,18+,19-,20-,21+/m1/s1. The fraction of sp³-hybridized carbons (Fsp3) is 0.636. The van der Waals surface area contributed by atoms with E-state index in [9.17, 15) is 19.8 Å². The summed E-state index contributed by atoms with van der Waals surface area (Å²) >= 11 is 0. The third-order valence-corrected chi connectivity index (χ3v) is 10.3. The molecule has 0 aliphatic carbocycles. The summed E-state index contributed by atoms with van der Waals surface area (Å²) < 4.78 is 22.0. The van der Waals surface area contributed by atoms with Gasteiger partial charge in [-0.1, -0.05) is 32.9 Å². The molecule has 0 bridgehead atoms. The highest BCUT2D eigenvalue weighted by molar-refractivity contribution is 6.74. The highest BCUT2D eigenvalue weighted by Gasteiger charge is 2.47. The Morgan fingerprint density at radius 3 is 2.16 bits per heavy atom. The maximum absolute atomic E-state index is 11.8. The second-order valence-corrected chi connectivity index (χ2v) is 14.1. The molecule has 1 aliphatic rings. The van der Waals surface area contributed by atoms with Gasteiger partial charge in [0.25, 0.3) is 0 Å². The Labute approximate surface area is 184 Å². The number of rotatable bonds is 6. The molecule has 9 heteroatoms.